The summed E-state index contributed by atoms with van der Waals surface area (Å²) in [5.74, 6) is -2.51. The number of carbonyl (C=O) groups excluding carboxylic acids is 6. The smallest absolute Gasteiger partial charge is 0.305 e. The topological polar surface area (TPSA) is 167 Å². The lowest BCUT2D eigenvalue weighted by molar-refractivity contribution is -0.175. The molecule has 0 fully saturated rings. The highest BCUT2D eigenvalue weighted by Crippen LogP contribution is 2.28. The van der Waals surface area contributed by atoms with Gasteiger partial charge in [0.05, 0.1) is 24.0 Å². The third-order valence-electron chi connectivity index (χ3n) is 13.7. The Balaban J connectivity index is 6.96. The van der Waals surface area contributed by atoms with Gasteiger partial charge in [-0.15, -0.1) is 0 Å². The SMILES string of the molecule is CCCCCCCCC(=O)OCC(COCC(COC(=O)CCCCCCC)(COC(=O)CCCCCCCC)COC(=O)CCCCCCCC)(COC(=O)CCCCCCC)COC(=O)CCCCCCC. The zero-order valence-electron chi connectivity index (χ0n) is 48.5. The summed E-state index contributed by atoms with van der Waals surface area (Å²) in [6.07, 6.45) is 33.4. The first-order chi connectivity index (χ1) is 35.9. The van der Waals surface area contributed by atoms with E-state index in [0.717, 1.165) is 173 Å². The molecular weight excluding hydrogens is 941 g/mol. The second kappa shape index (κ2) is 50.6. The van der Waals surface area contributed by atoms with Crippen LogP contribution in [0.5, 0.6) is 0 Å². The fourth-order valence-electron chi connectivity index (χ4n) is 8.59. The molecule has 0 aliphatic heterocycles. The molecule has 13 heteroatoms. The zero-order chi connectivity index (χ0) is 54.6. The minimum atomic E-state index is -1.34. The van der Waals surface area contributed by atoms with Crippen LogP contribution < -0.4 is 0 Å². The van der Waals surface area contributed by atoms with Gasteiger partial charge in [0.25, 0.3) is 0 Å². The summed E-state index contributed by atoms with van der Waals surface area (Å²) in [4.78, 5) is 80.2. The van der Waals surface area contributed by atoms with Crippen LogP contribution in [0.25, 0.3) is 0 Å². The van der Waals surface area contributed by atoms with E-state index in [1.165, 1.54) is 0 Å². The van der Waals surface area contributed by atoms with E-state index in [9.17, 15) is 28.8 Å². The lowest BCUT2D eigenvalue weighted by Gasteiger charge is -2.35. The van der Waals surface area contributed by atoms with Crippen molar-refractivity contribution >= 4 is 35.8 Å². The molecule has 0 aromatic rings. The second-order valence-electron chi connectivity index (χ2n) is 21.5. The number of unbranched alkanes of at least 4 members (excludes halogenated alkanes) is 27. The van der Waals surface area contributed by atoms with Gasteiger partial charge in [-0.3, -0.25) is 28.8 Å². The molecule has 0 aliphatic carbocycles. The summed E-state index contributed by atoms with van der Waals surface area (Å²) >= 11 is 0. The quantitative estimate of drug-likeness (QED) is 0.0321. The molecule has 0 saturated carbocycles. The van der Waals surface area contributed by atoms with E-state index in [1.807, 2.05) is 0 Å². The van der Waals surface area contributed by atoms with Crippen LogP contribution in [-0.2, 0) is 61.9 Å². The minimum absolute atomic E-state index is 0.206. The lowest BCUT2D eigenvalue weighted by Crippen LogP contribution is -2.47. The number of ether oxygens (including phenoxy) is 7. The number of carbonyl (C=O) groups is 6. The standard InChI is InChI=1S/C61H112O13/c1-7-13-19-25-31-37-43-57(65)72-51-60(48-69-54(62)40-34-28-22-16-10-4,49-70-55(63)41-35-29-23-17-11-5)46-68-47-61(50-71-56(64)42-36-30-24-18-12-6,52-73-58(66)44-38-32-26-20-14-8-2)53-74-59(67)45-39-33-27-21-15-9-3/h7-53H2,1-6H3. The predicted octanol–water partition coefficient (Wildman–Crippen LogP) is 15.6. The highest BCUT2D eigenvalue weighted by Gasteiger charge is 2.41. The summed E-state index contributed by atoms with van der Waals surface area (Å²) in [6.45, 7) is 10.8. The van der Waals surface area contributed by atoms with Gasteiger partial charge in [-0.05, 0) is 38.5 Å². The molecule has 0 amide bonds. The van der Waals surface area contributed by atoms with E-state index >= 15 is 0 Å². The molecule has 13 nitrogen and oxygen atoms in total. The highest BCUT2D eigenvalue weighted by atomic mass is 16.6. The summed E-state index contributed by atoms with van der Waals surface area (Å²) < 4.78 is 42.3. The van der Waals surface area contributed by atoms with Crippen LogP contribution >= 0.6 is 0 Å². The maximum absolute atomic E-state index is 13.4. The largest absolute Gasteiger partial charge is 0.465 e. The molecule has 0 saturated heterocycles. The van der Waals surface area contributed by atoms with Gasteiger partial charge < -0.3 is 33.2 Å². The Hall–Kier alpha value is -3.22. The third kappa shape index (κ3) is 42.9. The van der Waals surface area contributed by atoms with Crippen molar-refractivity contribution in [3.05, 3.63) is 0 Å². The van der Waals surface area contributed by atoms with Crippen molar-refractivity contribution in [2.75, 3.05) is 52.9 Å². The Morgan fingerprint density at radius 1 is 0.216 bits per heavy atom. The summed E-state index contributed by atoms with van der Waals surface area (Å²) in [7, 11) is 0. The van der Waals surface area contributed by atoms with Crippen molar-refractivity contribution in [2.24, 2.45) is 10.8 Å². The monoisotopic (exact) mass is 1050 g/mol. The van der Waals surface area contributed by atoms with Crippen LogP contribution in [0.4, 0.5) is 0 Å². The van der Waals surface area contributed by atoms with Gasteiger partial charge in [0.2, 0.25) is 0 Å². The first kappa shape index (κ1) is 70.8. The predicted molar refractivity (Wildman–Crippen MR) is 296 cm³/mol. The Labute approximate surface area is 451 Å². The van der Waals surface area contributed by atoms with Gasteiger partial charge in [0, 0.05) is 38.5 Å². The first-order valence-corrected chi connectivity index (χ1v) is 30.5. The maximum Gasteiger partial charge on any atom is 0.305 e. The average molecular weight is 1050 g/mol. The molecule has 0 spiro atoms. The van der Waals surface area contributed by atoms with Crippen LogP contribution in [0.2, 0.25) is 0 Å². The van der Waals surface area contributed by atoms with Gasteiger partial charge in [-0.2, -0.15) is 0 Å². The van der Waals surface area contributed by atoms with Gasteiger partial charge in [-0.1, -0.05) is 215 Å². The normalized spacial score (nSPS) is 11.6. The zero-order valence-corrected chi connectivity index (χ0v) is 48.5. The van der Waals surface area contributed by atoms with E-state index in [1.54, 1.807) is 0 Å². The van der Waals surface area contributed by atoms with Crippen LogP contribution in [0, 0.1) is 10.8 Å². The fourth-order valence-corrected chi connectivity index (χ4v) is 8.59. The first-order valence-electron chi connectivity index (χ1n) is 30.5. The highest BCUT2D eigenvalue weighted by molar-refractivity contribution is 5.71. The van der Waals surface area contributed by atoms with Crippen molar-refractivity contribution in [2.45, 2.75) is 292 Å². The molecule has 0 radical (unpaired) electrons. The molecule has 434 valence electrons. The molecule has 0 aromatic carbocycles. The third-order valence-corrected chi connectivity index (χ3v) is 13.7. The fraction of sp³-hybridized carbons (Fsp3) is 0.902. The molecule has 0 aliphatic rings. The molecular formula is C61H112O13. The molecule has 0 rings (SSSR count). The molecule has 0 heterocycles. The van der Waals surface area contributed by atoms with Gasteiger partial charge in [0.1, 0.15) is 39.6 Å². The van der Waals surface area contributed by atoms with Crippen molar-refractivity contribution in [3.8, 4) is 0 Å². The summed E-state index contributed by atoms with van der Waals surface area (Å²) in [5, 5.41) is 0. The van der Waals surface area contributed by atoms with Crippen molar-refractivity contribution < 1.29 is 61.9 Å². The van der Waals surface area contributed by atoms with Crippen LogP contribution in [0.3, 0.4) is 0 Å². The second-order valence-corrected chi connectivity index (χ2v) is 21.5. The minimum Gasteiger partial charge on any atom is -0.465 e. The number of hydrogen-bond donors (Lipinski definition) is 0. The van der Waals surface area contributed by atoms with E-state index in [0.29, 0.717) is 38.5 Å². The molecule has 0 aromatic heterocycles. The van der Waals surface area contributed by atoms with Gasteiger partial charge in [-0.25, -0.2) is 0 Å². The van der Waals surface area contributed by atoms with Gasteiger partial charge >= 0.3 is 35.8 Å². The van der Waals surface area contributed by atoms with Gasteiger partial charge in [0.15, 0.2) is 0 Å². The molecule has 0 atom stereocenters. The Kier molecular flexibility index (Phi) is 48.4. The molecule has 74 heavy (non-hydrogen) atoms. The Bertz CT molecular complexity index is 1320. The molecule has 0 unspecified atom stereocenters. The van der Waals surface area contributed by atoms with Crippen molar-refractivity contribution in [3.63, 3.8) is 0 Å². The number of rotatable bonds is 55. The van der Waals surface area contributed by atoms with E-state index in [2.05, 4.69) is 41.5 Å². The van der Waals surface area contributed by atoms with Crippen molar-refractivity contribution in [1.29, 1.82) is 0 Å². The lowest BCUT2D eigenvalue weighted by atomic mass is 9.90. The van der Waals surface area contributed by atoms with Crippen molar-refractivity contribution in [1.82, 2.24) is 0 Å². The van der Waals surface area contributed by atoms with Crippen LogP contribution in [-0.4, -0.2) is 88.7 Å². The number of hydrogen-bond acceptors (Lipinski definition) is 13. The van der Waals surface area contributed by atoms with Crippen LogP contribution in [0.1, 0.15) is 292 Å². The maximum atomic E-state index is 13.4. The van der Waals surface area contributed by atoms with Crippen LogP contribution in [0.15, 0.2) is 0 Å². The number of esters is 6. The Morgan fingerprint density at radius 3 is 0.527 bits per heavy atom. The Morgan fingerprint density at radius 2 is 0.365 bits per heavy atom. The van der Waals surface area contributed by atoms with E-state index in [-0.39, 0.29) is 91.4 Å². The summed E-state index contributed by atoms with van der Waals surface area (Å²) in [6, 6.07) is 0. The van der Waals surface area contributed by atoms with E-state index < -0.39 is 46.6 Å². The molecule has 0 bridgehead atoms. The molecule has 0 N–H and O–H groups in total. The average Bonchev–Trinajstić information content (AvgIpc) is 3.39. The van der Waals surface area contributed by atoms with E-state index in [4.69, 9.17) is 33.2 Å². The summed E-state index contributed by atoms with van der Waals surface area (Å²) in [5.41, 5.74) is -2.67.